The topological polar surface area (TPSA) is 70.9 Å². The van der Waals surface area contributed by atoms with Gasteiger partial charge in [-0.1, -0.05) is 0 Å². The fourth-order valence-electron chi connectivity index (χ4n) is 2.32. The van der Waals surface area contributed by atoms with Crippen LogP contribution in [0.2, 0.25) is 0 Å². The highest BCUT2D eigenvalue weighted by Crippen LogP contribution is 2.31. The summed E-state index contributed by atoms with van der Waals surface area (Å²) in [6, 6.07) is 7.48. The van der Waals surface area contributed by atoms with Crippen molar-refractivity contribution in [1.29, 1.82) is 0 Å². The summed E-state index contributed by atoms with van der Waals surface area (Å²) < 4.78 is 43.3. The number of hydrogen-bond acceptors (Lipinski definition) is 3. The third-order valence-corrected chi connectivity index (χ3v) is 3.63. The number of furan rings is 1. The highest BCUT2D eigenvalue weighted by Gasteiger charge is 2.30. The number of aromatic amines is 1. The van der Waals surface area contributed by atoms with Gasteiger partial charge in [0.2, 0.25) is 0 Å². The Morgan fingerprint density at radius 2 is 1.80 bits per heavy atom. The maximum absolute atomic E-state index is 12.6. The molecule has 0 aliphatic carbocycles. The molecule has 0 bridgehead atoms. The van der Waals surface area contributed by atoms with Gasteiger partial charge in [0.05, 0.1) is 16.9 Å². The molecule has 0 unspecified atom stereocenters. The van der Waals surface area contributed by atoms with Crippen LogP contribution in [0.5, 0.6) is 0 Å². The quantitative estimate of drug-likeness (QED) is 0.728. The van der Waals surface area contributed by atoms with E-state index >= 15 is 0 Å². The summed E-state index contributed by atoms with van der Waals surface area (Å²) in [5, 5.41) is 9.53. The van der Waals surface area contributed by atoms with Crippen molar-refractivity contribution >= 4 is 11.6 Å². The lowest BCUT2D eigenvalue weighted by molar-refractivity contribution is -0.137. The van der Waals surface area contributed by atoms with Gasteiger partial charge < -0.3 is 9.73 Å². The van der Waals surface area contributed by atoms with Crippen molar-refractivity contribution in [2.45, 2.75) is 20.0 Å². The molecule has 0 spiro atoms. The number of hydrogen-bond donors (Lipinski definition) is 2. The molecule has 0 fully saturated rings. The maximum Gasteiger partial charge on any atom is 0.416 e. The van der Waals surface area contributed by atoms with Crippen LogP contribution in [-0.2, 0) is 6.18 Å². The number of amides is 1. The third kappa shape index (κ3) is 3.42. The molecule has 2 heterocycles. The van der Waals surface area contributed by atoms with Gasteiger partial charge >= 0.3 is 6.18 Å². The van der Waals surface area contributed by atoms with Crippen LogP contribution in [-0.4, -0.2) is 16.1 Å². The summed E-state index contributed by atoms with van der Waals surface area (Å²) in [7, 11) is 0. The summed E-state index contributed by atoms with van der Waals surface area (Å²) in [5.74, 6) is 0.628. The van der Waals surface area contributed by atoms with Crippen LogP contribution in [0.4, 0.5) is 18.9 Å². The molecule has 0 atom stereocenters. The van der Waals surface area contributed by atoms with E-state index in [1.54, 1.807) is 26.0 Å². The highest BCUT2D eigenvalue weighted by molar-refractivity contribution is 6.06. The minimum atomic E-state index is -4.44. The van der Waals surface area contributed by atoms with E-state index in [0.717, 1.165) is 24.3 Å². The van der Waals surface area contributed by atoms with Crippen molar-refractivity contribution in [2.24, 2.45) is 0 Å². The van der Waals surface area contributed by atoms with Crippen LogP contribution in [0.1, 0.15) is 27.4 Å². The minimum absolute atomic E-state index is 0.107. The van der Waals surface area contributed by atoms with Crippen molar-refractivity contribution in [1.82, 2.24) is 10.2 Å². The number of aromatic nitrogens is 2. The van der Waals surface area contributed by atoms with E-state index in [1.165, 1.54) is 0 Å². The Kier molecular flexibility index (Phi) is 4.12. The Morgan fingerprint density at radius 3 is 2.36 bits per heavy atom. The van der Waals surface area contributed by atoms with Gasteiger partial charge in [0.1, 0.15) is 5.76 Å². The number of nitrogens with one attached hydrogen (secondary N) is 2. The van der Waals surface area contributed by atoms with Crippen LogP contribution >= 0.6 is 0 Å². The first-order valence-electron chi connectivity index (χ1n) is 7.36. The van der Waals surface area contributed by atoms with E-state index in [1.807, 2.05) is 0 Å². The van der Waals surface area contributed by atoms with Gasteiger partial charge in [-0.05, 0) is 50.2 Å². The summed E-state index contributed by atoms with van der Waals surface area (Å²) >= 11 is 0. The molecule has 2 aromatic heterocycles. The largest absolute Gasteiger partial charge is 0.460 e. The van der Waals surface area contributed by atoms with Crippen molar-refractivity contribution in [3.05, 3.63) is 59.0 Å². The van der Waals surface area contributed by atoms with Crippen LogP contribution < -0.4 is 5.32 Å². The van der Waals surface area contributed by atoms with Gasteiger partial charge in [0.15, 0.2) is 11.5 Å². The first-order chi connectivity index (χ1) is 11.8. The van der Waals surface area contributed by atoms with Gasteiger partial charge in [0, 0.05) is 5.56 Å². The molecule has 3 aromatic rings. The van der Waals surface area contributed by atoms with Gasteiger partial charge in [-0.2, -0.15) is 18.3 Å². The monoisotopic (exact) mass is 349 g/mol. The molecule has 0 aliphatic rings. The van der Waals surface area contributed by atoms with Gasteiger partial charge in [0.25, 0.3) is 5.91 Å². The minimum Gasteiger partial charge on any atom is -0.460 e. The molecular formula is C17H14F3N3O2. The number of carbonyl (C=O) groups excluding carboxylic acids is 1. The molecule has 2 N–H and O–H groups in total. The average molecular weight is 349 g/mol. The van der Waals surface area contributed by atoms with E-state index in [2.05, 4.69) is 15.5 Å². The molecule has 5 nitrogen and oxygen atoms in total. The van der Waals surface area contributed by atoms with Crippen LogP contribution in [0.25, 0.3) is 11.5 Å². The number of alkyl halides is 3. The Labute approximate surface area is 140 Å². The van der Waals surface area contributed by atoms with Gasteiger partial charge in [-0.25, -0.2) is 0 Å². The molecule has 0 aliphatic heterocycles. The molecule has 0 radical (unpaired) electrons. The first-order valence-corrected chi connectivity index (χ1v) is 7.36. The number of rotatable bonds is 3. The normalized spacial score (nSPS) is 11.6. The number of carbonyl (C=O) groups is 1. The second kappa shape index (κ2) is 6.12. The van der Waals surface area contributed by atoms with E-state index in [4.69, 9.17) is 4.42 Å². The lowest BCUT2D eigenvalue weighted by atomic mass is 10.1. The summed E-state index contributed by atoms with van der Waals surface area (Å²) in [5.41, 5.74) is 0.736. The van der Waals surface area contributed by atoms with Crippen LogP contribution in [0.3, 0.4) is 0 Å². The summed E-state index contributed by atoms with van der Waals surface area (Å²) in [6.07, 6.45) is -4.44. The van der Waals surface area contributed by atoms with Crippen molar-refractivity contribution in [3.8, 4) is 11.5 Å². The van der Waals surface area contributed by atoms with Crippen LogP contribution in [0, 0.1) is 13.8 Å². The zero-order chi connectivity index (χ0) is 18.2. The zero-order valence-electron chi connectivity index (χ0n) is 13.4. The Hall–Kier alpha value is -3.03. The van der Waals surface area contributed by atoms with Gasteiger partial charge in [-0.15, -0.1) is 0 Å². The molecule has 3 rings (SSSR count). The number of aryl methyl sites for hydroxylation is 2. The second-order valence-electron chi connectivity index (χ2n) is 5.51. The third-order valence-electron chi connectivity index (χ3n) is 3.63. The summed E-state index contributed by atoms with van der Waals surface area (Å²) in [6.45, 7) is 3.50. The molecule has 25 heavy (non-hydrogen) atoms. The standard InChI is InChI=1S/C17H14F3N3O2/c1-9-3-8-13(25-9)15-14(10(2)22-23-15)21-16(24)11-4-6-12(7-5-11)17(18,19)20/h3-8H,1-2H3,(H,21,24)(H,22,23). The van der Waals surface area contributed by atoms with Crippen molar-refractivity contribution in [3.63, 3.8) is 0 Å². The fourth-order valence-corrected chi connectivity index (χ4v) is 2.32. The molecule has 1 aromatic carbocycles. The second-order valence-corrected chi connectivity index (χ2v) is 5.51. The average Bonchev–Trinajstić information content (AvgIpc) is 3.13. The SMILES string of the molecule is Cc1ccc(-c2n[nH]c(C)c2NC(=O)c2ccc(C(F)(F)F)cc2)o1. The lowest BCUT2D eigenvalue weighted by Crippen LogP contribution is -2.13. The first kappa shape index (κ1) is 16.8. The molecular weight excluding hydrogens is 335 g/mol. The smallest absolute Gasteiger partial charge is 0.416 e. The van der Waals surface area contributed by atoms with E-state index in [-0.39, 0.29) is 5.56 Å². The predicted molar refractivity (Wildman–Crippen MR) is 85.2 cm³/mol. The lowest BCUT2D eigenvalue weighted by Gasteiger charge is -2.09. The molecule has 8 heteroatoms. The Bertz CT molecular complexity index is 908. The van der Waals surface area contributed by atoms with E-state index in [0.29, 0.717) is 28.6 Å². The Balaban J connectivity index is 1.85. The number of H-pyrrole nitrogens is 1. The number of nitrogens with zero attached hydrogens (tertiary/aromatic N) is 1. The van der Waals surface area contributed by atoms with E-state index < -0.39 is 17.6 Å². The number of halogens is 3. The zero-order valence-corrected chi connectivity index (χ0v) is 13.4. The molecule has 0 saturated heterocycles. The Morgan fingerprint density at radius 1 is 1.12 bits per heavy atom. The maximum atomic E-state index is 12.6. The van der Waals surface area contributed by atoms with Crippen molar-refractivity contribution in [2.75, 3.05) is 5.32 Å². The number of anilines is 1. The molecule has 0 saturated carbocycles. The predicted octanol–water partition coefficient (Wildman–Crippen LogP) is 4.56. The summed E-state index contributed by atoms with van der Waals surface area (Å²) in [4.78, 5) is 12.3. The number of benzene rings is 1. The van der Waals surface area contributed by atoms with Crippen LogP contribution in [0.15, 0.2) is 40.8 Å². The fraction of sp³-hybridized carbons (Fsp3) is 0.176. The van der Waals surface area contributed by atoms with Crippen molar-refractivity contribution < 1.29 is 22.4 Å². The highest BCUT2D eigenvalue weighted by atomic mass is 19.4. The van der Waals surface area contributed by atoms with Gasteiger partial charge in [-0.3, -0.25) is 9.89 Å². The molecule has 130 valence electrons. The molecule has 1 amide bonds. The van der Waals surface area contributed by atoms with E-state index in [9.17, 15) is 18.0 Å².